The summed E-state index contributed by atoms with van der Waals surface area (Å²) in [7, 11) is 1.78. The first-order valence-corrected chi connectivity index (χ1v) is 10.5. The number of anilines is 2. The lowest BCUT2D eigenvalue weighted by Crippen LogP contribution is -2.24. The van der Waals surface area contributed by atoms with Crippen LogP contribution < -0.4 is 5.32 Å². The van der Waals surface area contributed by atoms with Gasteiger partial charge in [-0.1, -0.05) is 12.1 Å². The summed E-state index contributed by atoms with van der Waals surface area (Å²) in [5.74, 6) is -1.24. The fourth-order valence-electron chi connectivity index (χ4n) is 3.73. The molecule has 5 aromatic rings. The number of hydrogen-bond acceptors (Lipinski definition) is 6. The fraction of sp³-hybridized carbons (Fsp3) is 0.174. The summed E-state index contributed by atoms with van der Waals surface area (Å²) in [5.41, 5.74) is 1.62. The Bertz CT molecular complexity index is 1470. The Morgan fingerprint density at radius 3 is 2.51 bits per heavy atom. The molecule has 8 nitrogen and oxygen atoms in total. The third-order valence-electron chi connectivity index (χ3n) is 5.55. The van der Waals surface area contributed by atoms with Crippen molar-refractivity contribution in [1.82, 2.24) is 34.3 Å². The van der Waals surface area contributed by atoms with E-state index in [1.165, 1.54) is 4.40 Å². The van der Waals surface area contributed by atoms with E-state index in [1.807, 2.05) is 0 Å². The molecule has 0 unspecified atom stereocenters. The highest BCUT2D eigenvalue weighted by Crippen LogP contribution is 2.37. The van der Waals surface area contributed by atoms with E-state index in [4.69, 9.17) is 0 Å². The average molecular weight is 482 g/mol. The molecule has 0 bridgehead atoms. The van der Waals surface area contributed by atoms with Crippen LogP contribution in [0.3, 0.4) is 0 Å². The maximum absolute atomic E-state index is 13.8. The van der Waals surface area contributed by atoms with Crippen LogP contribution in [0.5, 0.6) is 0 Å². The minimum atomic E-state index is -4.54. The molecule has 1 atom stereocenters. The largest absolute Gasteiger partial charge is 0.396 e. The second kappa shape index (κ2) is 8.78. The zero-order chi connectivity index (χ0) is 24.6. The number of nitrogens with one attached hydrogen (secondary N) is 1. The van der Waals surface area contributed by atoms with Crippen LogP contribution in [0.15, 0.2) is 67.1 Å². The van der Waals surface area contributed by atoms with Crippen LogP contribution in [-0.2, 0) is 13.5 Å². The molecule has 178 valence electrons. The third-order valence-corrected chi connectivity index (χ3v) is 5.55. The second-order valence-corrected chi connectivity index (χ2v) is 7.84. The third kappa shape index (κ3) is 4.67. The van der Waals surface area contributed by atoms with E-state index in [1.54, 1.807) is 54.6 Å². The van der Waals surface area contributed by atoms with Gasteiger partial charge in [0.2, 0.25) is 5.95 Å². The van der Waals surface area contributed by atoms with Crippen molar-refractivity contribution < 1.29 is 17.6 Å². The maximum Gasteiger partial charge on any atom is 0.396 e. The summed E-state index contributed by atoms with van der Waals surface area (Å²) in [5, 5.41) is 15.2. The van der Waals surface area contributed by atoms with Gasteiger partial charge in [-0.15, -0.1) is 10.2 Å². The van der Waals surface area contributed by atoms with Crippen molar-refractivity contribution in [2.45, 2.75) is 18.5 Å². The Balaban J connectivity index is 1.43. The van der Waals surface area contributed by atoms with Crippen LogP contribution in [0, 0.1) is 5.82 Å². The molecule has 4 heterocycles. The molecule has 0 aliphatic heterocycles. The standard InChI is InChI=1S/C23H18F4N8/c1-34-19(7-10-29-34)31-22-28-9-6-18(30-22)15-8-11-35-20(12-15)32-33-21(35)13-17(23(25,26)27)14-2-4-16(24)5-3-14/h2-12,17H,13H2,1H3,(H,28,30,31)/t17-/m0/s1. The number of hydrogen-bond donors (Lipinski definition) is 1. The van der Waals surface area contributed by atoms with Gasteiger partial charge in [0.05, 0.1) is 17.8 Å². The van der Waals surface area contributed by atoms with Gasteiger partial charge in [-0.2, -0.15) is 18.3 Å². The van der Waals surface area contributed by atoms with Crippen molar-refractivity contribution in [2.75, 3.05) is 5.32 Å². The first-order chi connectivity index (χ1) is 16.8. The van der Waals surface area contributed by atoms with Gasteiger partial charge in [-0.3, -0.25) is 9.08 Å². The first kappa shape index (κ1) is 22.4. The molecule has 5 rings (SSSR count). The van der Waals surface area contributed by atoms with E-state index < -0.39 is 24.3 Å². The van der Waals surface area contributed by atoms with Crippen molar-refractivity contribution in [3.05, 3.63) is 84.3 Å². The van der Waals surface area contributed by atoms with Crippen molar-refractivity contribution in [1.29, 1.82) is 0 Å². The zero-order valence-electron chi connectivity index (χ0n) is 18.3. The van der Waals surface area contributed by atoms with Crippen LogP contribution in [-0.4, -0.2) is 40.5 Å². The number of pyridine rings is 1. The number of alkyl halides is 3. The maximum atomic E-state index is 13.8. The van der Waals surface area contributed by atoms with Crippen LogP contribution >= 0.6 is 0 Å². The molecular formula is C23H18F4N8. The molecule has 0 aliphatic carbocycles. The molecule has 0 saturated heterocycles. The highest BCUT2D eigenvalue weighted by molar-refractivity contribution is 5.65. The summed E-state index contributed by atoms with van der Waals surface area (Å²) in [6, 6.07) is 11.2. The first-order valence-electron chi connectivity index (χ1n) is 10.5. The molecule has 0 spiro atoms. The zero-order valence-corrected chi connectivity index (χ0v) is 18.3. The Hall–Kier alpha value is -4.35. The number of fused-ring (bicyclic) bond motifs is 1. The van der Waals surface area contributed by atoms with Crippen molar-refractivity contribution in [3.63, 3.8) is 0 Å². The monoisotopic (exact) mass is 482 g/mol. The number of rotatable bonds is 6. The number of benzene rings is 1. The van der Waals surface area contributed by atoms with Crippen LogP contribution in [0.1, 0.15) is 17.3 Å². The van der Waals surface area contributed by atoms with Gasteiger partial charge >= 0.3 is 6.18 Å². The van der Waals surface area contributed by atoms with Gasteiger partial charge in [-0.25, -0.2) is 14.4 Å². The molecule has 0 radical (unpaired) electrons. The summed E-state index contributed by atoms with van der Waals surface area (Å²) in [4.78, 5) is 8.71. The summed E-state index contributed by atoms with van der Waals surface area (Å²) < 4.78 is 57.8. The Morgan fingerprint density at radius 1 is 1.00 bits per heavy atom. The molecule has 0 fully saturated rings. The second-order valence-electron chi connectivity index (χ2n) is 7.84. The summed E-state index contributed by atoms with van der Waals surface area (Å²) in [6.45, 7) is 0. The van der Waals surface area contributed by atoms with Crippen LogP contribution in [0.25, 0.3) is 16.9 Å². The van der Waals surface area contributed by atoms with Gasteiger partial charge < -0.3 is 5.32 Å². The van der Waals surface area contributed by atoms with Crippen LogP contribution in [0.4, 0.5) is 29.3 Å². The normalized spacial score (nSPS) is 12.7. The SMILES string of the molecule is Cn1nccc1Nc1nccc(-c2ccn3c(C[C@@H](c4ccc(F)cc4)C(F)(F)F)nnc3c2)n1. The molecule has 0 saturated carbocycles. The predicted octanol–water partition coefficient (Wildman–Crippen LogP) is 4.69. The number of aromatic nitrogens is 7. The highest BCUT2D eigenvalue weighted by Gasteiger charge is 2.41. The van der Waals surface area contributed by atoms with Gasteiger partial charge in [-0.05, 0) is 35.9 Å². The number of halogens is 4. The van der Waals surface area contributed by atoms with Crippen molar-refractivity contribution in [2.24, 2.45) is 7.05 Å². The molecular weight excluding hydrogens is 464 g/mol. The molecule has 4 aromatic heterocycles. The molecule has 1 N–H and O–H groups in total. The van der Waals surface area contributed by atoms with Gasteiger partial charge in [0.25, 0.3) is 0 Å². The molecule has 1 aromatic carbocycles. The van der Waals surface area contributed by atoms with E-state index in [0.717, 1.165) is 24.3 Å². The highest BCUT2D eigenvalue weighted by atomic mass is 19.4. The van der Waals surface area contributed by atoms with E-state index in [9.17, 15) is 17.6 Å². The van der Waals surface area contributed by atoms with Crippen LogP contribution in [0.2, 0.25) is 0 Å². The van der Waals surface area contributed by atoms with Crippen molar-refractivity contribution in [3.8, 4) is 11.3 Å². The Kier molecular flexibility index (Phi) is 5.63. The minimum Gasteiger partial charge on any atom is -0.309 e. The van der Waals surface area contributed by atoms with Gasteiger partial charge in [0, 0.05) is 37.5 Å². The lowest BCUT2D eigenvalue weighted by Gasteiger charge is -2.20. The molecule has 0 amide bonds. The van der Waals surface area contributed by atoms with E-state index in [-0.39, 0.29) is 11.4 Å². The fourth-order valence-corrected chi connectivity index (χ4v) is 3.73. The molecule has 0 aliphatic rings. The molecule has 35 heavy (non-hydrogen) atoms. The smallest absolute Gasteiger partial charge is 0.309 e. The quantitative estimate of drug-likeness (QED) is 0.354. The summed E-state index contributed by atoms with van der Waals surface area (Å²) >= 11 is 0. The summed E-state index contributed by atoms with van der Waals surface area (Å²) in [6.07, 6.45) is -0.141. The van der Waals surface area contributed by atoms with E-state index >= 15 is 0 Å². The number of aryl methyl sites for hydroxylation is 1. The molecule has 12 heteroatoms. The Morgan fingerprint density at radius 2 is 1.80 bits per heavy atom. The lowest BCUT2D eigenvalue weighted by atomic mass is 9.94. The lowest BCUT2D eigenvalue weighted by molar-refractivity contribution is -0.150. The topological polar surface area (TPSA) is 85.8 Å². The van der Waals surface area contributed by atoms with Gasteiger partial charge in [0.1, 0.15) is 17.5 Å². The minimum absolute atomic E-state index is 0.0401. The predicted molar refractivity (Wildman–Crippen MR) is 119 cm³/mol. The Labute approximate surface area is 196 Å². The van der Waals surface area contributed by atoms with Crippen molar-refractivity contribution >= 4 is 17.4 Å². The van der Waals surface area contributed by atoms with E-state index in [0.29, 0.717) is 28.7 Å². The van der Waals surface area contributed by atoms with Gasteiger partial charge in [0.15, 0.2) is 5.65 Å². The van der Waals surface area contributed by atoms with E-state index in [2.05, 4.69) is 30.6 Å². The average Bonchev–Trinajstić information content (AvgIpc) is 3.43. The number of nitrogens with zero attached hydrogens (tertiary/aromatic N) is 7.